The molecule has 0 bridgehead atoms. The van der Waals surface area contributed by atoms with Crippen molar-refractivity contribution in [1.29, 1.82) is 0 Å². The number of benzene rings is 15. The molecule has 0 atom stereocenters. The lowest BCUT2D eigenvalue weighted by molar-refractivity contribution is 1.07. The summed E-state index contributed by atoms with van der Waals surface area (Å²) in [6.07, 6.45) is 13.9. The second-order valence-electron chi connectivity index (χ2n) is 29.3. The summed E-state index contributed by atoms with van der Waals surface area (Å²) in [5, 5.41) is 19.8. The minimum absolute atomic E-state index is 0.578. The summed E-state index contributed by atoms with van der Waals surface area (Å²) in [5.41, 5.74) is 13.7. The van der Waals surface area contributed by atoms with Crippen molar-refractivity contribution in [3.63, 3.8) is 0 Å². The second-order valence-corrected chi connectivity index (χ2v) is 29.3. The first-order valence-electron chi connectivity index (χ1n) is 39.2. The maximum Gasteiger partial charge on any atom is 0.165 e. The Bertz CT molecular complexity index is 7860. The van der Waals surface area contributed by atoms with Crippen LogP contribution in [0.5, 0.6) is 0 Å². The minimum Gasteiger partial charge on any atom is -0.256 e. The zero-order chi connectivity index (χ0) is 79.4. The summed E-state index contributed by atoms with van der Waals surface area (Å²) in [4.78, 5) is 80.1. The van der Waals surface area contributed by atoms with E-state index in [0.29, 0.717) is 52.4 Å². The third-order valence-electron chi connectivity index (χ3n) is 21.8. The first kappa shape index (κ1) is 69.9. The van der Waals surface area contributed by atoms with Crippen LogP contribution in [0.4, 0.5) is 0 Å². The van der Waals surface area contributed by atoms with Crippen LogP contribution in [0.3, 0.4) is 0 Å². The average Bonchev–Trinajstić information content (AvgIpc) is 0.760. The zero-order valence-electron chi connectivity index (χ0n) is 63.8. The molecule has 0 radical (unpaired) electrons. The second kappa shape index (κ2) is 29.9. The van der Waals surface area contributed by atoms with Crippen molar-refractivity contribution >= 4 is 130 Å². The summed E-state index contributed by atoms with van der Waals surface area (Å²) in [6.45, 7) is 0. The molecule has 24 aromatic rings. The molecule has 17 heteroatoms. The van der Waals surface area contributed by atoms with Gasteiger partial charge in [-0.05, 0) is 234 Å². The molecule has 0 aliphatic heterocycles. The topological polar surface area (TPSA) is 219 Å². The normalized spacial score (nSPS) is 11.5. The highest BCUT2D eigenvalue weighted by Crippen LogP contribution is 2.40. The van der Waals surface area contributed by atoms with Gasteiger partial charge in [-0.25, -0.2) is 64.8 Å². The standard InChI is InChI=1S/2C35H21N5.C33H19N7/c1-3-11-28-22(7-1)19-23-8-2-4-12-29(23)32(28)35-39-33(26-13-15-30-24(20-26)9-5-17-36-30)38-34(40-35)27-14-16-31-25(21-27)10-6-18-37-31;1-2-7-23-21-30-24(18-22(23)6-1)8-3-11-29(30)35-39-33(27-12-14-31-25(19-27)9-4-16-36-31)38-34(40-35)28-13-15-32-26(20-28)10-5-17-37-32;1-2-4-21-12-26-13-23(6-5-22(26)11-20(21)3-1)31-38-32(24-7-9-29-27(14-24)16-34-18-36-29)40-33(39-31)25-8-10-30-28(15-25)17-35-19-37-30/h2*1-21H;1-19H. The largest absolute Gasteiger partial charge is 0.256 e. The van der Waals surface area contributed by atoms with Crippen LogP contribution in [0.1, 0.15) is 0 Å². The highest BCUT2D eigenvalue weighted by Gasteiger charge is 2.22. The van der Waals surface area contributed by atoms with Crippen LogP contribution in [0.25, 0.3) is 233 Å². The van der Waals surface area contributed by atoms with Gasteiger partial charge in [-0.1, -0.05) is 152 Å². The van der Waals surface area contributed by atoms with Crippen molar-refractivity contribution in [1.82, 2.24) is 84.7 Å². The van der Waals surface area contributed by atoms with Crippen LogP contribution < -0.4 is 0 Å². The molecular formula is C103H61N17. The maximum atomic E-state index is 5.11. The Labute approximate surface area is 684 Å². The molecule has 24 rings (SSSR count). The molecular weight excluding hydrogens is 1480 g/mol. The zero-order valence-corrected chi connectivity index (χ0v) is 63.8. The van der Waals surface area contributed by atoms with E-state index in [-0.39, 0.29) is 0 Å². The van der Waals surface area contributed by atoms with E-state index in [1.165, 1.54) is 26.9 Å². The van der Waals surface area contributed by atoms with Crippen molar-refractivity contribution in [3.05, 3.63) is 371 Å². The van der Waals surface area contributed by atoms with Crippen LogP contribution in [0.2, 0.25) is 0 Å². The lowest BCUT2D eigenvalue weighted by Gasteiger charge is -2.13. The summed E-state index contributed by atoms with van der Waals surface area (Å²) in [5.74, 6) is 5.52. The van der Waals surface area contributed by atoms with Gasteiger partial charge in [-0.15, -0.1) is 0 Å². The number of hydrogen-bond acceptors (Lipinski definition) is 17. The number of fused-ring (bicyclic) bond motifs is 12. The van der Waals surface area contributed by atoms with E-state index in [0.717, 1.165) is 153 Å². The molecule has 0 aliphatic rings. The molecule has 558 valence electrons. The Kier molecular flexibility index (Phi) is 17.4. The molecule has 9 aromatic heterocycles. The van der Waals surface area contributed by atoms with Gasteiger partial charge in [0.25, 0.3) is 0 Å². The Hall–Kier alpha value is -16.8. The van der Waals surface area contributed by atoms with Crippen molar-refractivity contribution in [2.24, 2.45) is 0 Å². The fourth-order valence-corrected chi connectivity index (χ4v) is 15.9. The third kappa shape index (κ3) is 13.5. The fraction of sp³-hybridized carbons (Fsp3) is 0. The van der Waals surface area contributed by atoms with Gasteiger partial charge in [0.2, 0.25) is 0 Å². The third-order valence-corrected chi connectivity index (χ3v) is 21.8. The Morgan fingerprint density at radius 2 is 0.433 bits per heavy atom. The number of rotatable bonds is 9. The van der Waals surface area contributed by atoms with Gasteiger partial charge >= 0.3 is 0 Å². The SMILES string of the molecule is c1ccc2cc3c(-c4nc(-c5ccc6ncccc6c5)nc(-c5ccc6ncccc6c5)n4)cccc3cc2c1.c1ccc2cc3cc(-c4nc(-c5ccc6ncncc6c5)nc(-c5ccc6ncncc6c5)n4)ccc3cc2c1.c1cnc2ccc(-c3nc(-c4ccc5ncccc5c4)nc(-c4c5ccccc5cc5ccccc45)n3)cc2c1. The number of aromatic nitrogens is 17. The lowest BCUT2D eigenvalue weighted by Crippen LogP contribution is -2.01. The molecule has 0 aliphatic carbocycles. The summed E-state index contributed by atoms with van der Waals surface area (Å²) >= 11 is 0. The first-order valence-corrected chi connectivity index (χ1v) is 39.2. The quantitative estimate of drug-likeness (QED) is 0.123. The van der Waals surface area contributed by atoms with E-state index >= 15 is 0 Å². The summed E-state index contributed by atoms with van der Waals surface area (Å²) in [7, 11) is 0. The molecule has 15 aromatic carbocycles. The van der Waals surface area contributed by atoms with E-state index in [9.17, 15) is 0 Å². The van der Waals surface area contributed by atoms with Crippen molar-refractivity contribution in [3.8, 4) is 102 Å². The molecule has 0 N–H and O–H groups in total. The predicted molar refractivity (Wildman–Crippen MR) is 481 cm³/mol. The molecule has 0 saturated heterocycles. The van der Waals surface area contributed by atoms with E-state index in [2.05, 4.69) is 252 Å². The highest BCUT2D eigenvalue weighted by atomic mass is 15.1. The Balaban J connectivity index is 0.000000108. The molecule has 9 heterocycles. The van der Waals surface area contributed by atoms with Gasteiger partial charge in [0, 0.05) is 120 Å². The predicted octanol–water partition coefficient (Wildman–Crippen LogP) is 23.6. The van der Waals surface area contributed by atoms with E-state index in [1.807, 2.05) is 109 Å². The minimum atomic E-state index is 0.578. The molecule has 0 fully saturated rings. The first-order chi connectivity index (χ1) is 59.3. The molecule has 0 spiro atoms. The van der Waals surface area contributed by atoms with Crippen LogP contribution in [-0.2, 0) is 0 Å². The van der Waals surface area contributed by atoms with E-state index in [4.69, 9.17) is 44.9 Å². The van der Waals surface area contributed by atoms with Gasteiger partial charge < -0.3 is 0 Å². The Morgan fingerprint density at radius 3 is 0.842 bits per heavy atom. The summed E-state index contributed by atoms with van der Waals surface area (Å²) < 4.78 is 0. The van der Waals surface area contributed by atoms with Crippen molar-refractivity contribution in [2.45, 2.75) is 0 Å². The molecule has 0 amide bonds. The molecule has 0 unspecified atom stereocenters. The highest BCUT2D eigenvalue weighted by molar-refractivity contribution is 6.12. The van der Waals surface area contributed by atoms with Gasteiger partial charge in [0.15, 0.2) is 52.4 Å². The number of hydrogen-bond donors (Lipinski definition) is 0. The Morgan fingerprint density at radius 1 is 0.158 bits per heavy atom. The van der Waals surface area contributed by atoms with E-state index in [1.54, 1.807) is 49.8 Å². The maximum absolute atomic E-state index is 5.11. The van der Waals surface area contributed by atoms with Crippen LogP contribution in [0.15, 0.2) is 371 Å². The monoisotopic (exact) mass is 1540 g/mol. The van der Waals surface area contributed by atoms with Gasteiger partial charge in [-0.2, -0.15) is 0 Å². The van der Waals surface area contributed by atoms with Crippen molar-refractivity contribution in [2.75, 3.05) is 0 Å². The van der Waals surface area contributed by atoms with Crippen molar-refractivity contribution < 1.29 is 0 Å². The van der Waals surface area contributed by atoms with Gasteiger partial charge in [-0.3, -0.25) is 19.9 Å². The molecule has 120 heavy (non-hydrogen) atoms. The fourth-order valence-electron chi connectivity index (χ4n) is 15.9. The van der Waals surface area contributed by atoms with Gasteiger partial charge in [0.05, 0.1) is 33.1 Å². The average molecular weight is 1540 g/mol. The van der Waals surface area contributed by atoms with Crippen LogP contribution in [-0.4, -0.2) is 84.7 Å². The number of nitrogens with zero attached hydrogens (tertiary/aromatic N) is 17. The van der Waals surface area contributed by atoms with Crippen LogP contribution in [0, 0.1) is 0 Å². The van der Waals surface area contributed by atoms with Crippen LogP contribution >= 0.6 is 0 Å². The van der Waals surface area contributed by atoms with E-state index < -0.39 is 0 Å². The van der Waals surface area contributed by atoms with Gasteiger partial charge in [0.1, 0.15) is 12.7 Å². The molecule has 0 saturated carbocycles. The lowest BCUT2D eigenvalue weighted by atomic mass is 9.96. The molecule has 17 nitrogen and oxygen atoms in total. The summed E-state index contributed by atoms with van der Waals surface area (Å²) in [6, 6.07) is 110. The smallest absolute Gasteiger partial charge is 0.165 e. The number of pyridine rings is 4.